The molecule has 2 aromatic carbocycles. The molecule has 1 fully saturated rings. The Morgan fingerprint density at radius 2 is 1.69 bits per heavy atom. The van der Waals surface area contributed by atoms with Gasteiger partial charge in [-0.3, -0.25) is 4.98 Å². The maximum Gasteiger partial charge on any atom is 0.135 e. The van der Waals surface area contributed by atoms with Crippen LogP contribution in [0.3, 0.4) is 0 Å². The predicted octanol–water partition coefficient (Wildman–Crippen LogP) is 5.12. The molecule has 1 aliphatic heterocycles. The van der Waals surface area contributed by atoms with Crippen LogP contribution in [0.25, 0.3) is 33.4 Å². The number of hydrogen-bond acceptors (Lipinski definition) is 4. The van der Waals surface area contributed by atoms with Crippen molar-refractivity contribution in [2.45, 2.75) is 18.6 Å². The summed E-state index contributed by atoms with van der Waals surface area (Å²) < 4.78 is 42.4. The number of nitrogens with two attached hydrogens (primary N) is 1. The van der Waals surface area contributed by atoms with Crippen LogP contribution in [0.15, 0.2) is 66.9 Å². The number of anilines is 1. The van der Waals surface area contributed by atoms with E-state index in [-0.39, 0.29) is 11.3 Å². The van der Waals surface area contributed by atoms with Crippen LogP contribution in [0.4, 0.5) is 18.9 Å². The highest BCUT2D eigenvalue weighted by Crippen LogP contribution is 2.32. The number of piperidine rings is 1. The fourth-order valence-electron chi connectivity index (χ4n) is 4.22. The van der Waals surface area contributed by atoms with Gasteiger partial charge in [0.2, 0.25) is 0 Å². The van der Waals surface area contributed by atoms with Crippen molar-refractivity contribution in [2.75, 3.05) is 18.0 Å². The number of halogens is 3. The van der Waals surface area contributed by atoms with Gasteiger partial charge in [0.1, 0.15) is 17.8 Å². The molecule has 2 N–H and O–H groups in total. The standard InChI is InChI=1S/C25H21F3N4/c26-17-10-12-32(14-20(17)29)24-9-11-30-22-8-7-15(13-16(22)24)21-5-2-6-23(31-21)25-18(27)3-1-4-19(25)28/h1-9,11,13,17,20H,10,12,14,29H2/t17-,20-/m1/s1. The van der Waals surface area contributed by atoms with Gasteiger partial charge in [-0.25, -0.2) is 18.2 Å². The van der Waals surface area contributed by atoms with E-state index in [1.165, 1.54) is 18.2 Å². The number of rotatable bonds is 3. The quantitative estimate of drug-likeness (QED) is 0.487. The van der Waals surface area contributed by atoms with E-state index >= 15 is 0 Å². The minimum atomic E-state index is -0.999. The lowest BCUT2D eigenvalue weighted by molar-refractivity contribution is 0.245. The lowest BCUT2D eigenvalue weighted by atomic mass is 10.0. The van der Waals surface area contributed by atoms with Gasteiger partial charge in [-0.15, -0.1) is 0 Å². The van der Waals surface area contributed by atoms with E-state index in [9.17, 15) is 13.2 Å². The SMILES string of the molecule is N[C@@H]1CN(c2ccnc3ccc(-c4cccc(-c5c(F)cccc5F)n4)cc23)CC[C@H]1F. The molecule has 0 spiro atoms. The summed E-state index contributed by atoms with van der Waals surface area (Å²) in [7, 11) is 0. The monoisotopic (exact) mass is 434 g/mol. The molecule has 162 valence electrons. The number of aromatic nitrogens is 2. The molecule has 0 saturated carbocycles. The molecule has 0 aliphatic carbocycles. The summed E-state index contributed by atoms with van der Waals surface area (Å²) in [6, 6.07) is 15.9. The number of hydrogen-bond donors (Lipinski definition) is 1. The molecule has 1 aliphatic rings. The number of fused-ring (bicyclic) bond motifs is 1. The van der Waals surface area contributed by atoms with E-state index in [1.54, 1.807) is 24.4 Å². The summed E-state index contributed by atoms with van der Waals surface area (Å²) >= 11 is 0. The predicted molar refractivity (Wildman–Crippen MR) is 120 cm³/mol. The van der Waals surface area contributed by atoms with Gasteiger partial charge >= 0.3 is 0 Å². The van der Waals surface area contributed by atoms with Crippen molar-refractivity contribution < 1.29 is 13.2 Å². The second-order valence-corrected chi connectivity index (χ2v) is 7.98. The Hall–Kier alpha value is -3.45. The fraction of sp³-hybridized carbons (Fsp3) is 0.200. The van der Waals surface area contributed by atoms with Crippen molar-refractivity contribution in [3.05, 3.63) is 78.5 Å². The van der Waals surface area contributed by atoms with E-state index in [1.807, 2.05) is 24.3 Å². The molecule has 0 unspecified atom stereocenters. The molecular weight excluding hydrogens is 413 g/mol. The largest absolute Gasteiger partial charge is 0.369 e. The first-order valence-electron chi connectivity index (χ1n) is 10.5. The van der Waals surface area contributed by atoms with Gasteiger partial charge in [0, 0.05) is 35.9 Å². The van der Waals surface area contributed by atoms with Gasteiger partial charge in [0.15, 0.2) is 0 Å². The molecule has 7 heteroatoms. The third-order valence-electron chi connectivity index (χ3n) is 5.89. The second kappa shape index (κ2) is 8.24. The lowest BCUT2D eigenvalue weighted by Crippen LogP contribution is -2.49. The zero-order chi connectivity index (χ0) is 22.2. The van der Waals surface area contributed by atoms with Crippen LogP contribution in [0.2, 0.25) is 0 Å². The molecule has 3 heterocycles. The summed E-state index contributed by atoms with van der Waals surface area (Å²) in [5.74, 6) is -1.32. The average Bonchev–Trinajstić information content (AvgIpc) is 2.80. The number of alkyl halides is 1. The molecule has 0 bridgehead atoms. The maximum absolute atomic E-state index is 14.3. The topological polar surface area (TPSA) is 55.0 Å². The van der Waals surface area contributed by atoms with Crippen molar-refractivity contribution in [3.63, 3.8) is 0 Å². The Morgan fingerprint density at radius 3 is 2.47 bits per heavy atom. The zero-order valence-corrected chi connectivity index (χ0v) is 17.2. The summed E-state index contributed by atoms with van der Waals surface area (Å²) in [4.78, 5) is 11.0. The molecule has 2 atom stereocenters. The van der Waals surface area contributed by atoms with E-state index in [0.717, 1.165) is 22.2 Å². The Morgan fingerprint density at radius 1 is 0.938 bits per heavy atom. The van der Waals surface area contributed by atoms with E-state index in [4.69, 9.17) is 5.73 Å². The van der Waals surface area contributed by atoms with Crippen molar-refractivity contribution >= 4 is 16.6 Å². The average molecular weight is 434 g/mol. The molecular formula is C25H21F3N4. The van der Waals surface area contributed by atoms with Crippen LogP contribution in [-0.4, -0.2) is 35.3 Å². The number of benzene rings is 2. The molecule has 0 amide bonds. The normalized spacial score (nSPS) is 18.8. The van der Waals surface area contributed by atoms with Crippen LogP contribution in [0, 0.1) is 11.6 Å². The van der Waals surface area contributed by atoms with Crippen molar-refractivity contribution in [1.82, 2.24) is 9.97 Å². The minimum absolute atomic E-state index is 0.152. The first kappa shape index (κ1) is 20.5. The van der Waals surface area contributed by atoms with Gasteiger partial charge in [-0.1, -0.05) is 18.2 Å². The highest BCUT2D eigenvalue weighted by molar-refractivity contribution is 5.94. The highest BCUT2D eigenvalue weighted by Gasteiger charge is 2.27. The minimum Gasteiger partial charge on any atom is -0.369 e. The summed E-state index contributed by atoms with van der Waals surface area (Å²) in [5.41, 5.74) is 9.12. The fourth-order valence-corrected chi connectivity index (χ4v) is 4.22. The molecule has 0 radical (unpaired) electrons. The van der Waals surface area contributed by atoms with Crippen molar-refractivity contribution in [1.29, 1.82) is 0 Å². The Kier molecular flexibility index (Phi) is 5.27. The molecule has 4 nitrogen and oxygen atoms in total. The zero-order valence-electron chi connectivity index (χ0n) is 17.2. The van der Waals surface area contributed by atoms with E-state index in [0.29, 0.717) is 25.2 Å². The first-order valence-corrected chi connectivity index (χ1v) is 10.5. The molecule has 2 aromatic heterocycles. The third kappa shape index (κ3) is 3.69. The van der Waals surface area contributed by atoms with Crippen LogP contribution in [-0.2, 0) is 0 Å². The van der Waals surface area contributed by atoms with Crippen LogP contribution < -0.4 is 10.6 Å². The Balaban J connectivity index is 1.57. The molecule has 1 saturated heterocycles. The smallest absolute Gasteiger partial charge is 0.135 e. The summed E-state index contributed by atoms with van der Waals surface area (Å²) in [6.45, 7) is 0.989. The molecule has 32 heavy (non-hydrogen) atoms. The second-order valence-electron chi connectivity index (χ2n) is 7.98. The first-order chi connectivity index (χ1) is 15.5. The maximum atomic E-state index is 14.3. The van der Waals surface area contributed by atoms with Crippen LogP contribution >= 0.6 is 0 Å². The van der Waals surface area contributed by atoms with Gasteiger partial charge < -0.3 is 10.6 Å². The summed E-state index contributed by atoms with van der Waals surface area (Å²) in [6.07, 6.45) is 1.10. The van der Waals surface area contributed by atoms with Crippen molar-refractivity contribution in [2.24, 2.45) is 5.73 Å². The molecule has 5 rings (SSSR count). The van der Waals surface area contributed by atoms with Crippen LogP contribution in [0.5, 0.6) is 0 Å². The van der Waals surface area contributed by atoms with E-state index in [2.05, 4.69) is 14.9 Å². The van der Waals surface area contributed by atoms with Crippen molar-refractivity contribution in [3.8, 4) is 22.5 Å². The Bertz CT molecular complexity index is 1270. The Labute approximate surface area is 183 Å². The third-order valence-corrected chi connectivity index (χ3v) is 5.89. The number of nitrogens with zero attached hydrogens (tertiary/aromatic N) is 3. The van der Waals surface area contributed by atoms with Gasteiger partial charge in [0.25, 0.3) is 0 Å². The van der Waals surface area contributed by atoms with Gasteiger partial charge in [-0.2, -0.15) is 0 Å². The summed E-state index contributed by atoms with van der Waals surface area (Å²) in [5, 5.41) is 0.888. The van der Waals surface area contributed by atoms with Crippen LogP contribution in [0.1, 0.15) is 6.42 Å². The van der Waals surface area contributed by atoms with Gasteiger partial charge in [0.05, 0.1) is 28.5 Å². The highest BCUT2D eigenvalue weighted by atomic mass is 19.1. The lowest BCUT2D eigenvalue weighted by Gasteiger charge is -2.35. The van der Waals surface area contributed by atoms with Gasteiger partial charge in [-0.05, 0) is 48.9 Å². The van der Waals surface area contributed by atoms with E-state index < -0.39 is 23.8 Å². The number of pyridine rings is 2. The molecule has 4 aromatic rings.